The van der Waals surface area contributed by atoms with Crippen LogP contribution in [-0.2, 0) is 6.54 Å². The highest BCUT2D eigenvalue weighted by atomic mass is 15.1. The van der Waals surface area contributed by atoms with Crippen molar-refractivity contribution in [1.29, 1.82) is 0 Å². The van der Waals surface area contributed by atoms with Gasteiger partial charge in [0.15, 0.2) is 0 Å². The van der Waals surface area contributed by atoms with Gasteiger partial charge in [0.05, 0.1) is 5.69 Å². The lowest BCUT2D eigenvalue weighted by Crippen LogP contribution is -2.50. The zero-order valence-electron chi connectivity index (χ0n) is 11.6. The van der Waals surface area contributed by atoms with Crippen molar-refractivity contribution in [3.8, 4) is 0 Å². The first-order valence-electron chi connectivity index (χ1n) is 7.02. The van der Waals surface area contributed by atoms with Crippen LogP contribution in [0.25, 0.3) is 0 Å². The van der Waals surface area contributed by atoms with Crippen molar-refractivity contribution in [3.05, 3.63) is 24.0 Å². The molecule has 1 aromatic heterocycles. The second-order valence-electron chi connectivity index (χ2n) is 6.94. The van der Waals surface area contributed by atoms with E-state index in [4.69, 9.17) is 0 Å². The molecule has 2 saturated carbocycles. The SMILES string of the molecule is CC12CCC(C1)C(C)(C)C2NCc1cccnn1. The Kier molecular flexibility index (Phi) is 2.70. The lowest BCUT2D eigenvalue weighted by atomic mass is 9.68. The van der Waals surface area contributed by atoms with E-state index in [1.54, 1.807) is 6.20 Å². The summed E-state index contributed by atoms with van der Waals surface area (Å²) in [5.74, 6) is 0.891. The van der Waals surface area contributed by atoms with Gasteiger partial charge >= 0.3 is 0 Å². The van der Waals surface area contributed by atoms with Gasteiger partial charge in [0.25, 0.3) is 0 Å². The van der Waals surface area contributed by atoms with Crippen LogP contribution in [0.3, 0.4) is 0 Å². The van der Waals surface area contributed by atoms with Crippen LogP contribution < -0.4 is 5.32 Å². The lowest BCUT2D eigenvalue weighted by molar-refractivity contribution is 0.107. The van der Waals surface area contributed by atoms with Crippen molar-refractivity contribution >= 4 is 0 Å². The van der Waals surface area contributed by atoms with Gasteiger partial charge in [-0.3, -0.25) is 0 Å². The highest BCUT2D eigenvalue weighted by Gasteiger charge is 2.58. The van der Waals surface area contributed by atoms with E-state index in [-0.39, 0.29) is 0 Å². The topological polar surface area (TPSA) is 37.8 Å². The first-order valence-corrected chi connectivity index (χ1v) is 7.02. The smallest absolute Gasteiger partial charge is 0.0769 e. The Balaban J connectivity index is 1.73. The fourth-order valence-electron chi connectivity index (χ4n) is 4.45. The van der Waals surface area contributed by atoms with Crippen molar-refractivity contribution in [2.24, 2.45) is 16.7 Å². The largest absolute Gasteiger partial charge is 0.307 e. The monoisotopic (exact) mass is 245 g/mol. The van der Waals surface area contributed by atoms with E-state index in [0.717, 1.165) is 18.2 Å². The van der Waals surface area contributed by atoms with Crippen LogP contribution in [0.15, 0.2) is 18.3 Å². The minimum atomic E-state index is 0.412. The van der Waals surface area contributed by atoms with E-state index >= 15 is 0 Å². The Hall–Kier alpha value is -0.960. The van der Waals surface area contributed by atoms with Crippen molar-refractivity contribution in [2.45, 2.75) is 52.6 Å². The molecule has 3 heteroatoms. The normalized spacial score (nSPS) is 37.1. The van der Waals surface area contributed by atoms with Gasteiger partial charge in [0.2, 0.25) is 0 Å². The third kappa shape index (κ3) is 1.76. The maximum atomic E-state index is 4.16. The Morgan fingerprint density at radius 1 is 1.39 bits per heavy atom. The van der Waals surface area contributed by atoms with Gasteiger partial charge in [-0.2, -0.15) is 10.2 Å². The van der Waals surface area contributed by atoms with Gasteiger partial charge in [0, 0.05) is 18.8 Å². The molecule has 1 N–H and O–H groups in total. The minimum absolute atomic E-state index is 0.412. The van der Waals surface area contributed by atoms with Crippen LogP contribution in [0.2, 0.25) is 0 Å². The fourth-order valence-corrected chi connectivity index (χ4v) is 4.45. The maximum Gasteiger partial charge on any atom is 0.0769 e. The molecule has 0 spiro atoms. The van der Waals surface area contributed by atoms with Gasteiger partial charge in [-0.25, -0.2) is 0 Å². The summed E-state index contributed by atoms with van der Waals surface area (Å²) in [6.45, 7) is 8.15. The Morgan fingerprint density at radius 2 is 2.22 bits per heavy atom. The van der Waals surface area contributed by atoms with Gasteiger partial charge in [-0.1, -0.05) is 20.8 Å². The summed E-state index contributed by atoms with van der Waals surface area (Å²) in [6.07, 6.45) is 5.90. The van der Waals surface area contributed by atoms with Crippen LogP contribution in [0.1, 0.15) is 45.7 Å². The zero-order chi connectivity index (χ0) is 12.8. The molecule has 3 unspecified atom stereocenters. The van der Waals surface area contributed by atoms with Crippen LogP contribution in [0, 0.1) is 16.7 Å². The summed E-state index contributed by atoms with van der Waals surface area (Å²) in [5, 5.41) is 11.9. The summed E-state index contributed by atoms with van der Waals surface area (Å²) >= 11 is 0. The summed E-state index contributed by atoms with van der Waals surface area (Å²) in [7, 11) is 0. The number of nitrogens with one attached hydrogen (secondary N) is 1. The molecule has 0 radical (unpaired) electrons. The first-order chi connectivity index (χ1) is 8.52. The summed E-state index contributed by atoms with van der Waals surface area (Å²) in [4.78, 5) is 0. The van der Waals surface area contributed by atoms with Crippen LogP contribution in [0.5, 0.6) is 0 Å². The molecule has 0 saturated heterocycles. The number of aromatic nitrogens is 2. The molecular formula is C15H23N3. The van der Waals surface area contributed by atoms with Crippen LogP contribution in [0.4, 0.5) is 0 Å². The molecule has 1 aromatic rings. The van der Waals surface area contributed by atoms with Crippen LogP contribution >= 0.6 is 0 Å². The lowest BCUT2D eigenvalue weighted by Gasteiger charge is -2.43. The van der Waals surface area contributed by atoms with E-state index in [9.17, 15) is 0 Å². The van der Waals surface area contributed by atoms with Crippen molar-refractivity contribution in [3.63, 3.8) is 0 Å². The van der Waals surface area contributed by atoms with E-state index in [1.807, 2.05) is 12.1 Å². The highest BCUT2D eigenvalue weighted by Crippen LogP contribution is 2.62. The molecule has 98 valence electrons. The number of hydrogen-bond donors (Lipinski definition) is 1. The summed E-state index contributed by atoms with van der Waals surface area (Å²) in [5.41, 5.74) is 1.94. The minimum Gasteiger partial charge on any atom is -0.307 e. The van der Waals surface area contributed by atoms with Crippen molar-refractivity contribution < 1.29 is 0 Å². The molecule has 3 atom stereocenters. The van der Waals surface area contributed by atoms with Crippen molar-refractivity contribution in [1.82, 2.24) is 15.5 Å². The van der Waals surface area contributed by atoms with E-state index < -0.39 is 0 Å². The van der Waals surface area contributed by atoms with Crippen molar-refractivity contribution in [2.75, 3.05) is 0 Å². The zero-order valence-corrected chi connectivity index (χ0v) is 11.6. The van der Waals surface area contributed by atoms with Crippen LogP contribution in [-0.4, -0.2) is 16.2 Å². The molecule has 2 fully saturated rings. The van der Waals surface area contributed by atoms with Gasteiger partial charge in [-0.15, -0.1) is 0 Å². The number of fused-ring (bicyclic) bond motifs is 2. The fraction of sp³-hybridized carbons (Fsp3) is 0.733. The number of rotatable bonds is 3. The second kappa shape index (κ2) is 4.02. The predicted octanol–water partition coefficient (Wildman–Crippen LogP) is 2.78. The Labute approximate surface area is 109 Å². The molecule has 0 aliphatic heterocycles. The molecule has 18 heavy (non-hydrogen) atoms. The summed E-state index contributed by atoms with van der Waals surface area (Å²) in [6, 6.07) is 4.60. The molecule has 0 amide bonds. The van der Waals surface area contributed by atoms with Gasteiger partial charge in [0.1, 0.15) is 0 Å². The molecule has 2 aliphatic rings. The average Bonchev–Trinajstić information content (AvgIpc) is 2.81. The first kappa shape index (κ1) is 12.1. The number of hydrogen-bond acceptors (Lipinski definition) is 3. The van der Waals surface area contributed by atoms with E-state index in [2.05, 4.69) is 36.3 Å². The Bertz CT molecular complexity index is 424. The quantitative estimate of drug-likeness (QED) is 0.890. The van der Waals surface area contributed by atoms with E-state index in [1.165, 1.54) is 19.3 Å². The molecule has 2 aliphatic carbocycles. The average molecular weight is 245 g/mol. The standard InChI is InChI=1S/C15H23N3/c1-14(2)11-6-7-15(3,9-11)13(14)16-10-12-5-4-8-17-18-12/h4-5,8,11,13,16H,6-7,9-10H2,1-3H3. The third-order valence-electron chi connectivity index (χ3n) is 5.38. The molecular weight excluding hydrogens is 222 g/mol. The Morgan fingerprint density at radius 3 is 2.83 bits per heavy atom. The maximum absolute atomic E-state index is 4.16. The molecule has 3 rings (SSSR count). The molecule has 1 heterocycles. The second-order valence-corrected chi connectivity index (χ2v) is 6.94. The number of nitrogens with zero attached hydrogens (tertiary/aromatic N) is 2. The van der Waals surface area contributed by atoms with Gasteiger partial charge < -0.3 is 5.32 Å². The van der Waals surface area contributed by atoms with Gasteiger partial charge in [-0.05, 0) is 48.1 Å². The summed E-state index contributed by atoms with van der Waals surface area (Å²) < 4.78 is 0. The molecule has 2 bridgehead atoms. The molecule has 0 aromatic carbocycles. The van der Waals surface area contributed by atoms with E-state index in [0.29, 0.717) is 16.9 Å². The highest BCUT2D eigenvalue weighted by molar-refractivity contribution is 5.12. The third-order valence-corrected chi connectivity index (χ3v) is 5.38. The molecule has 3 nitrogen and oxygen atoms in total. The predicted molar refractivity (Wildman–Crippen MR) is 71.9 cm³/mol.